The molecule has 0 N–H and O–H groups in total. The molecule has 0 aromatic heterocycles. The van der Waals surface area contributed by atoms with Crippen molar-refractivity contribution in [2.45, 2.75) is 0 Å². The van der Waals surface area contributed by atoms with Gasteiger partial charge in [0.25, 0.3) is 0 Å². The highest BCUT2D eigenvalue weighted by molar-refractivity contribution is 5.87. The monoisotopic (exact) mass is 264 g/mol. The second-order valence-corrected chi connectivity index (χ2v) is 4.19. The third-order valence-electron chi connectivity index (χ3n) is 2.64. The van der Waals surface area contributed by atoms with Gasteiger partial charge in [0.15, 0.2) is 0 Å². The fraction of sp³-hybridized carbons (Fsp3) is 0.0556. The molecule has 2 heteroatoms. The molecule has 0 atom stereocenters. The summed E-state index contributed by atoms with van der Waals surface area (Å²) < 4.78 is 5.07. The van der Waals surface area contributed by atoms with E-state index in [1.165, 1.54) is 6.08 Å². The van der Waals surface area contributed by atoms with Crippen LogP contribution in [-0.2, 0) is 9.53 Å². The van der Waals surface area contributed by atoms with Gasteiger partial charge in [-0.2, -0.15) is 0 Å². The van der Waals surface area contributed by atoms with E-state index in [-0.39, 0.29) is 12.6 Å². The van der Waals surface area contributed by atoms with E-state index in [4.69, 9.17) is 4.74 Å². The molecule has 0 aliphatic carbocycles. The summed E-state index contributed by atoms with van der Waals surface area (Å²) in [5.41, 5.74) is 2.06. The van der Waals surface area contributed by atoms with Gasteiger partial charge in [-0.3, -0.25) is 0 Å². The van der Waals surface area contributed by atoms with Crippen molar-refractivity contribution >= 4 is 18.1 Å². The molecule has 0 aliphatic rings. The van der Waals surface area contributed by atoms with Crippen LogP contribution < -0.4 is 0 Å². The summed E-state index contributed by atoms with van der Waals surface area (Å²) in [6.45, 7) is 0.271. The van der Waals surface area contributed by atoms with E-state index in [9.17, 15) is 4.79 Å². The lowest BCUT2D eigenvalue weighted by Gasteiger charge is -1.97. The molecular formula is C18H16O2. The first-order valence-electron chi connectivity index (χ1n) is 6.46. The van der Waals surface area contributed by atoms with Crippen LogP contribution in [0.25, 0.3) is 12.2 Å². The minimum atomic E-state index is -0.341. The Kier molecular flexibility index (Phi) is 5.35. The lowest BCUT2D eigenvalue weighted by Crippen LogP contribution is -1.99. The average molecular weight is 264 g/mol. The Morgan fingerprint density at radius 2 is 1.40 bits per heavy atom. The van der Waals surface area contributed by atoms with Gasteiger partial charge in [0.1, 0.15) is 6.61 Å². The molecule has 2 aromatic rings. The third-order valence-corrected chi connectivity index (χ3v) is 2.64. The molecule has 0 fully saturated rings. The van der Waals surface area contributed by atoms with Crippen LogP contribution in [0.1, 0.15) is 11.1 Å². The van der Waals surface area contributed by atoms with Crippen molar-refractivity contribution < 1.29 is 9.53 Å². The summed E-state index contributed by atoms with van der Waals surface area (Å²) in [7, 11) is 0. The SMILES string of the molecule is O=C(/C=C\c1ccccc1)OC/C=C/c1ccccc1. The molecule has 0 saturated carbocycles. The summed E-state index contributed by atoms with van der Waals surface area (Å²) in [5.74, 6) is -0.341. The number of ether oxygens (including phenoxy) is 1. The molecule has 100 valence electrons. The van der Waals surface area contributed by atoms with Gasteiger partial charge in [-0.1, -0.05) is 66.7 Å². The van der Waals surface area contributed by atoms with Crippen molar-refractivity contribution in [2.24, 2.45) is 0 Å². The first kappa shape index (κ1) is 13.8. The first-order chi connectivity index (χ1) is 9.84. The molecule has 0 spiro atoms. The van der Waals surface area contributed by atoms with Crippen molar-refractivity contribution in [3.63, 3.8) is 0 Å². The van der Waals surface area contributed by atoms with E-state index in [1.807, 2.05) is 72.8 Å². The fourth-order valence-electron chi connectivity index (χ4n) is 1.66. The zero-order chi connectivity index (χ0) is 14.0. The van der Waals surface area contributed by atoms with Crippen LogP contribution in [0.3, 0.4) is 0 Å². The highest BCUT2D eigenvalue weighted by Crippen LogP contribution is 2.02. The van der Waals surface area contributed by atoms with Gasteiger partial charge < -0.3 is 4.74 Å². The lowest BCUT2D eigenvalue weighted by atomic mass is 10.2. The van der Waals surface area contributed by atoms with Gasteiger partial charge in [-0.15, -0.1) is 0 Å². The summed E-state index contributed by atoms with van der Waals surface area (Å²) in [4.78, 5) is 11.5. The van der Waals surface area contributed by atoms with Crippen LogP contribution in [0.15, 0.2) is 72.8 Å². The molecule has 2 aromatic carbocycles. The summed E-state index contributed by atoms with van der Waals surface area (Å²) in [5, 5.41) is 0. The third kappa shape index (κ3) is 4.94. The first-order valence-corrected chi connectivity index (χ1v) is 6.46. The maximum absolute atomic E-state index is 11.5. The standard InChI is InChI=1S/C18H16O2/c19-18(14-13-17-10-5-2-6-11-17)20-15-7-12-16-8-3-1-4-9-16/h1-14H,15H2/b12-7+,14-13-. The number of hydrogen-bond acceptors (Lipinski definition) is 2. The number of rotatable bonds is 5. The second-order valence-electron chi connectivity index (χ2n) is 4.19. The van der Waals surface area contributed by atoms with Crippen LogP contribution in [0.5, 0.6) is 0 Å². The van der Waals surface area contributed by atoms with Gasteiger partial charge in [-0.05, 0) is 23.3 Å². The largest absolute Gasteiger partial charge is 0.458 e. The molecule has 0 radical (unpaired) electrons. The minimum absolute atomic E-state index is 0.271. The molecule has 2 rings (SSSR count). The number of benzene rings is 2. The Hall–Kier alpha value is -2.61. The molecule has 2 nitrogen and oxygen atoms in total. The molecule has 0 bridgehead atoms. The number of carbonyl (C=O) groups excluding carboxylic acids is 1. The van der Waals surface area contributed by atoms with Gasteiger partial charge in [0.05, 0.1) is 0 Å². The van der Waals surface area contributed by atoms with E-state index in [1.54, 1.807) is 6.08 Å². The molecule has 0 saturated heterocycles. The van der Waals surface area contributed by atoms with Gasteiger partial charge in [0, 0.05) is 6.08 Å². The smallest absolute Gasteiger partial charge is 0.331 e. The van der Waals surface area contributed by atoms with E-state index in [2.05, 4.69) is 0 Å². The van der Waals surface area contributed by atoms with Crippen LogP contribution in [0.2, 0.25) is 0 Å². The highest BCUT2D eigenvalue weighted by Gasteiger charge is 1.94. The number of hydrogen-bond donors (Lipinski definition) is 0. The van der Waals surface area contributed by atoms with E-state index in [0.717, 1.165) is 11.1 Å². The van der Waals surface area contributed by atoms with Crippen molar-refractivity contribution in [2.75, 3.05) is 6.61 Å². The number of carbonyl (C=O) groups is 1. The fourth-order valence-corrected chi connectivity index (χ4v) is 1.66. The summed E-state index contributed by atoms with van der Waals surface area (Å²) >= 11 is 0. The lowest BCUT2D eigenvalue weighted by molar-refractivity contribution is -0.136. The second kappa shape index (κ2) is 7.74. The van der Waals surface area contributed by atoms with E-state index < -0.39 is 0 Å². The van der Waals surface area contributed by atoms with Crippen LogP contribution in [0.4, 0.5) is 0 Å². The molecular weight excluding hydrogens is 248 g/mol. The zero-order valence-corrected chi connectivity index (χ0v) is 11.1. The number of esters is 1. The van der Waals surface area contributed by atoms with Gasteiger partial charge in [0.2, 0.25) is 0 Å². The maximum Gasteiger partial charge on any atom is 0.331 e. The summed E-state index contributed by atoms with van der Waals surface area (Å²) in [6, 6.07) is 19.5. The van der Waals surface area contributed by atoms with Crippen LogP contribution in [0, 0.1) is 0 Å². The average Bonchev–Trinajstić information content (AvgIpc) is 2.52. The van der Waals surface area contributed by atoms with Crippen molar-refractivity contribution in [1.29, 1.82) is 0 Å². The van der Waals surface area contributed by atoms with Crippen molar-refractivity contribution in [3.05, 3.63) is 83.9 Å². The Bertz CT molecular complexity index is 583. The Labute approximate surface area is 119 Å². The molecule has 20 heavy (non-hydrogen) atoms. The van der Waals surface area contributed by atoms with E-state index >= 15 is 0 Å². The van der Waals surface area contributed by atoms with Crippen molar-refractivity contribution in [1.82, 2.24) is 0 Å². The van der Waals surface area contributed by atoms with E-state index in [0.29, 0.717) is 0 Å². The normalized spacial score (nSPS) is 11.0. The zero-order valence-electron chi connectivity index (χ0n) is 11.1. The quantitative estimate of drug-likeness (QED) is 0.603. The minimum Gasteiger partial charge on any atom is -0.458 e. The van der Waals surface area contributed by atoms with Crippen LogP contribution in [-0.4, -0.2) is 12.6 Å². The molecule has 0 amide bonds. The van der Waals surface area contributed by atoms with Crippen molar-refractivity contribution in [3.8, 4) is 0 Å². The maximum atomic E-state index is 11.5. The molecule has 0 unspecified atom stereocenters. The highest BCUT2D eigenvalue weighted by atomic mass is 16.5. The summed E-state index contributed by atoms with van der Waals surface area (Å²) in [6.07, 6.45) is 6.92. The Balaban J connectivity index is 1.76. The topological polar surface area (TPSA) is 26.3 Å². The Morgan fingerprint density at radius 3 is 2.00 bits per heavy atom. The van der Waals surface area contributed by atoms with Gasteiger partial charge in [-0.25, -0.2) is 4.79 Å². The predicted octanol–water partition coefficient (Wildman–Crippen LogP) is 3.96. The Morgan fingerprint density at radius 1 is 0.850 bits per heavy atom. The van der Waals surface area contributed by atoms with Crippen LogP contribution >= 0.6 is 0 Å². The molecule has 0 heterocycles. The predicted molar refractivity (Wildman–Crippen MR) is 81.9 cm³/mol. The van der Waals surface area contributed by atoms with Gasteiger partial charge >= 0.3 is 5.97 Å². The molecule has 0 aliphatic heterocycles.